The Hall–Kier alpha value is -2.62. The van der Waals surface area contributed by atoms with Crippen molar-refractivity contribution in [2.24, 2.45) is 0 Å². The molecule has 0 radical (unpaired) electrons. The summed E-state index contributed by atoms with van der Waals surface area (Å²) in [6, 6.07) is 15.4. The molecule has 0 aliphatic heterocycles. The molecule has 1 aromatic heterocycles. The van der Waals surface area contributed by atoms with Crippen LogP contribution in [-0.2, 0) is 6.61 Å². The fourth-order valence-electron chi connectivity index (χ4n) is 2.84. The van der Waals surface area contributed by atoms with Gasteiger partial charge in [0.25, 0.3) is 0 Å². The molecule has 0 amide bonds. The van der Waals surface area contributed by atoms with Gasteiger partial charge in [-0.05, 0) is 56.3 Å². The monoisotopic (exact) mass is 311 g/mol. The van der Waals surface area contributed by atoms with E-state index in [0.29, 0.717) is 12.4 Å². The number of ether oxygens (including phenoxy) is 2. The van der Waals surface area contributed by atoms with Gasteiger partial charge in [0.05, 0.1) is 18.3 Å². The van der Waals surface area contributed by atoms with Crippen molar-refractivity contribution in [2.75, 3.05) is 7.11 Å². The van der Waals surface area contributed by atoms with Crippen LogP contribution >= 0.6 is 0 Å². The van der Waals surface area contributed by atoms with E-state index < -0.39 is 0 Å². The van der Waals surface area contributed by atoms with Gasteiger partial charge in [0, 0.05) is 11.4 Å². The zero-order chi connectivity index (χ0) is 16.4. The largest absolute Gasteiger partial charge is 0.507 e. The number of hydrogen-bond donors (Lipinski definition) is 1. The van der Waals surface area contributed by atoms with Crippen LogP contribution < -0.4 is 9.47 Å². The molecule has 0 saturated heterocycles. The highest BCUT2D eigenvalue weighted by Gasteiger charge is 2.14. The van der Waals surface area contributed by atoms with E-state index >= 15 is 0 Å². The fourth-order valence-corrected chi connectivity index (χ4v) is 2.84. The molecule has 1 heterocycles. The summed E-state index contributed by atoms with van der Waals surface area (Å²) in [4.78, 5) is 0. The van der Waals surface area contributed by atoms with Crippen LogP contribution in [0.1, 0.15) is 25.6 Å². The molecule has 4 heteroatoms. The van der Waals surface area contributed by atoms with E-state index in [1.54, 1.807) is 13.2 Å². The van der Waals surface area contributed by atoms with Crippen LogP contribution in [0.15, 0.2) is 48.5 Å². The summed E-state index contributed by atoms with van der Waals surface area (Å²) in [6.45, 7) is 4.69. The predicted octanol–water partition coefficient (Wildman–Crippen LogP) is 4.52. The lowest BCUT2D eigenvalue weighted by Crippen LogP contribution is -2.08. The molecule has 0 bridgehead atoms. The van der Waals surface area contributed by atoms with Gasteiger partial charge < -0.3 is 19.1 Å². The van der Waals surface area contributed by atoms with E-state index in [9.17, 15) is 5.11 Å². The zero-order valence-electron chi connectivity index (χ0n) is 13.6. The molecular formula is C19H21NO3. The van der Waals surface area contributed by atoms with E-state index in [1.165, 1.54) is 0 Å². The quantitative estimate of drug-likeness (QED) is 0.753. The smallest absolute Gasteiger partial charge is 0.128 e. The second-order valence-corrected chi connectivity index (χ2v) is 5.77. The molecule has 2 aromatic carbocycles. The molecule has 0 saturated carbocycles. The van der Waals surface area contributed by atoms with Gasteiger partial charge in [0.1, 0.15) is 23.9 Å². The van der Waals surface area contributed by atoms with Crippen molar-refractivity contribution in [3.8, 4) is 17.2 Å². The summed E-state index contributed by atoms with van der Waals surface area (Å²) in [5.74, 6) is 1.89. The van der Waals surface area contributed by atoms with Crippen LogP contribution in [0, 0.1) is 0 Å². The lowest BCUT2D eigenvalue weighted by Gasteiger charge is -2.15. The van der Waals surface area contributed by atoms with Crippen molar-refractivity contribution in [3.63, 3.8) is 0 Å². The minimum absolute atomic E-state index is 0.281. The summed E-state index contributed by atoms with van der Waals surface area (Å²) in [6.07, 6.45) is 0. The Balaban J connectivity index is 1.89. The van der Waals surface area contributed by atoms with Gasteiger partial charge in [0.15, 0.2) is 0 Å². The normalized spacial score (nSPS) is 11.1. The molecule has 0 fully saturated rings. The van der Waals surface area contributed by atoms with Crippen LogP contribution in [0.25, 0.3) is 10.9 Å². The highest BCUT2D eigenvalue weighted by atomic mass is 16.5. The van der Waals surface area contributed by atoms with E-state index in [0.717, 1.165) is 28.1 Å². The Bertz CT molecular complexity index is 803. The molecule has 0 aliphatic carbocycles. The standard InChI is InChI=1S/C19H21NO3/c1-13(2)20-14(11-17-18(20)5-4-6-19(17)21)12-23-16-9-7-15(22-3)8-10-16/h4-11,13,21H,12H2,1-3H3. The first-order valence-electron chi connectivity index (χ1n) is 7.69. The second-order valence-electron chi connectivity index (χ2n) is 5.77. The van der Waals surface area contributed by atoms with Crippen LogP contribution in [0.2, 0.25) is 0 Å². The Kier molecular flexibility index (Phi) is 4.15. The van der Waals surface area contributed by atoms with Crippen molar-refractivity contribution >= 4 is 10.9 Å². The summed E-state index contributed by atoms with van der Waals surface area (Å²) in [5.41, 5.74) is 2.06. The topological polar surface area (TPSA) is 43.6 Å². The number of aromatic hydroxyl groups is 1. The van der Waals surface area contributed by atoms with E-state index in [4.69, 9.17) is 9.47 Å². The van der Waals surface area contributed by atoms with Gasteiger partial charge in [0.2, 0.25) is 0 Å². The molecule has 0 aliphatic rings. The molecule has 4 nitrogen and oxygen atoms in total. The first-order chi connectivity index (χ1) is 11.1. The SMILES string of the molecule is COc1ccc(OCc2cc3c(O)cccc3n2C(C)C)cc1. The van der Waals surface area contributed by atoms with Gasteiger partial charge in [-0.25, -0.2) is 0 Å². The van der Waals surface area contributed by atoms with Crippen LogP contribution in [-0.4, -0.2) is 16.8 Å². The molecule has 120 valence electrons. The molecule has 3 aromatic rings. The Morgan fingerprint density at radius 1 is 1.04 bits per heavy atom. The van der Waals surface area contributed by atoms with Crippen molar-refractivity contribution in [3.05, 3.63) is 54.2 Å². The number of aromatic nitrogens is 1. The Labute approximate surface area is 135 Å². The average molecular weight is 311 g/mol. The minimum atomic E-state index is 0.281. The van der Waals surface area contributed by atoms with Crippen molar-refractivity contribution in [2.45, 2.75) is 26.5 Å². The number of methoxy groups -OCH3 is 1. The first-order valence-corrected chi connectivity index (χ1v) is 7.69. The van der Waals surface area contributed by atoms with Gasteiger partial charge >= 0.3 is 0 Å². The van der Waals surface area contributed by atoms with Gasteiger partial charge in [-0.1, -0.05) is 6.07 Å². The number of benzene rings is 2. The van der Waals surface area contributed by atoms with E-state index in [-0.39, 0.29) is 6.04 Å². The molecule has 1 N–H and O–H groups in total. The lowest BCUT2D eigenvalue weighted by molar-refractivity contribution is 0.292. The number of phenols is 1. The molecule has 3 rings (SSSR count). The lowest BCUT2D eigenvalue weighted by atomic mass is 10.2. The summed E-state index contributed by atoms with van der Waals surface area (Å²) < 4.78 is 13.2. The predicted molar refractivity (Wildman–Crippen MR) is 91.3 cm³/mol. The highest BCUT2D eigenvalue weighted by molar-refractivity contribution is 5.87. The Morgan fingerprint density at radius 3 is 2.39 bits per heavy atom. The van der Waals surface area contributed by atoms with Crippen LogP contribution in [0.4, 0.5) is 0 Å². The fraction of sp³-hybridized carbons (Fsp3) is 0.263. The summed E-state index contributed by atoms with van der Waals surface area (Å²) >= 11 is 0. The maximum atomic E-state index is 10.1. The number of fused-ring (bicyclic) bond motifs is 1. The third-order valence-electron chi connectivity index (χ3n) is 3.90. The third-order valence-corrected chi connectivity index (χ3v) is 3.90. The number of nitrogens with zero attached hydrogens (tertiary/aromatic N) is 1. The van der Waals surface area contributed by atoms with Crippen molar-refractivity contribution in [1.82, 2.24) is 4.57 Å². The molecular weight excluding hydrogens is 290 g/mol. The van der Waals surface area contributed by atoms with Gasteiger partial charge in [-0.3, -0.25) is 0 Å². The van der Waals surface area contributed by atoms with Gasteiger partial charge in [-0.2, -0.15) is 0 Å². The third kappa shape index (κ3) is 2.97. The molecule has 0 unspecified atom stereocenters. The minimum Gasteiger partial charge on any atom is -0.507 e. The number of phenolic OH excluding ortho intramolecular Hbond substituents is 1. The molecule has 23 heavy (non-hydrogen) atoms. The molecule has 0 atom stereocenters. The van der Waals surface area contributed by atoms with Gasteiger partial charge in [-0.15, -0.1) is 0 Å². The van der Waals surface area contributed by atoms with Crippen LogP contribution in [0.3, 0.4) is 0 Å². The zero-order valence-corrected chi connectivity index (χ0v) is 13.6. The molecule has 0 spiro atoms. The van der Waals surface area contributed by atoms with E-state index in [2.05, 4.69) is 18.4 Å². The second kappa shape index (κ2) is 6.24. The Morgan fingerprint density at radius 2 is 1.74 bits per heavy atom. The first kappa shape index (κ1) is 15.3. The van der Waals surface area contributed by atoms with E-state index in [1.807, 2.05) is 42.5 Å². The highest BCUT2D eigenvalue weighted by Crippen LogP contribution is 2.31. The summed E-state index contributed by atoms with van der Waals surface area (Å²) in [5, 5.41) is 10.9. The summed E-state index contributed by atoms with van der Waals surface area (Å²) in [7, 11) is 1.64. The van der Waals surface area contributed by atoms with Crippen molar-refractivity contribution < 1.29 is 14.6 Å². The number of rotatable bonds is 5. The number of hydrogen-bond acceptors (Lipinski definition) is 3. The van der Waals surface area contributed by atoms with Crippen LogP contribution in [0.5, 0.6) is 17.2 Å². The maximum Gasteiger partial charge on any atom is 0.128 e. The maximum absolute atomic E-state index is 10.1. The van der Waals surface area contributed by atoms with Crippen molar-refractivity contribution in [1.29, 1.82) is 0 Å². The average Bonchev–Trinajstić information content (AvgIpc) is 2.93.